The van der Waals surface area contributed by atoms with E-state index in [0.717, 1.165) is 15.8 Å². The van der Waals surface area contributed by atoms with E-state index in [1.807, 2.05) is 0 Å². The first kappa shape index (κ1) is 16.5. The first-order valence-corrected chi connectivity index (χ1v) is 8.19. The Kier molecular flexibility index (Phi) is 5.48. The fourth-order valence-corrected chi connectivity index (χ4v) is 3.33. The number of aromatic nitrogens is 1. The summed E-state index contributed by atoms with van der Waals surface area (Å²) in [7, 11) is 2.84. The molecule has 21 heavy (non-hydrogen) atoms. The van der Waals surface area contributed by atoms with Crippen molar-refractivity contribution >= 4 is 60.8 Å². The fourth-order valence-electron chi connectivity index (χ4n) is 1.38. The molecule has 0 N–H and O–H groups in total. The van der Waals surface area contributed by atoms with E-state index in [1.165, 1.54) is 7.11 Å². The number of methoxy groups -OCH3 is 2. The van der Waals surface area contributed by atoms with E-state index in [2.05, 4.69) is 41.6 Å². The van der Waals surface area contributed by atoms with E-state index in [0.29, 0.717) is 16.0 Å². The van der Waals surface area contributed by atoms with Crippen LogP contribution < -0.4 is 9.47 Å². The summed E-state index contributed by atoms with van der Waals surface area (Å²) in [6.07, 6.45) is 0. The van der Waals surface area contributed by atoms with Gasteiger partial charge in [0.25, 0.3) is 5.19 Å². The highest BCUT2D eigenvalue weighted by Crippen LogP contribution is 2.40. The minimum atomic E-state index is -0.553. The lowest BCUT2D eigenvalue weighted by Gasteiger charge is -2.08. The zero-order chi connectivity index (χ0) is 15.6. The number of carbonyl (C=O) groups is 1. The largest absolute Gasteiger partial charge is 0.496 e. The molecule has 0 aliphatic carbocycles. The van der Waals surface area contributed by atoms with E-state index in [4.69, 9.17) is 21.1 Å². The molecule has 1 aromatic heterocycles. The Balaban J connectivity index is 2.30. The van der Waals surface area contributed by atoms with Crippen LogP contribution in [0.25, 0.3) is 0 Å². The lowest BCUT2D eigenvalue weighted by Crippen LogP contribution is -1.98. The third-order valence-corrected chi connectivity index (χ3v) is 4.88. The summed E-state index contributed by atoms with van der Waals surface area (Å²) < 4.78 is 16.8. The standard InChI is InChI=1S/C12H8Br2ClNO4S/c1-18-7-3-6(14)8(4-5(7)13)20-12-16-10(15)9(21-12)11(17)19-2/h3-4H,1-2H3. The molecule has 0 bridgehead atoms. The molecule has 0 saturated heterocycles. The molecule has 9 heteroatoms. The van der Waals surface area contributed by atoms with Crippen molar-refractivity contribution in [3.63, 3.8) is 0 Å². The molecular weight excluding hydrogens is 449 g/mol. The van der Waals surface area contributed by atoms with Crippen molar-refractivity contribution in [2.75, 3.05) is 14.2 Å². The minimum absolute atomic E-state index is 0.0468. The Hall–Kier alpha value is -0.830. The van der Waals surface area contributed by atoms with Gasteiger partial charge >= 0.3 is 5.97 Å². The molecule has 5 nitrogen and oxygen atoms in total. The average Bonchev–Trinajstić information content (AvgIpc) is 2.82. The zero-order valence-corrected chi connectivity index (χ0v) is 15.5. The van der Waals surface area contributed by atoms with Gasteiger partial charge in [0.05, 0.1) is 23.2 Å². The van der Waals surface area contributed by atoms with Crippen molar-refractivity contribution in [1.29, 1.82) is 0 Å². The van der Waals surface area contributed by atoms with Gasteiger partial charge in [-0.2, -0.15) is 4.98 Å². The number of thiazole rings is 1. The Morgan fingerprint density at radius 1 is 1.24 bits per heavy atom. The monoisotopic (exact) mass is 455 g/mol. The Bertz CT molecular complexity index is 692. The first-order chi connectivity index (χ1) is 9.96. The number of hydrogen-bond donors (Lipinski definition) is 0. The van der Waals surface area contributed by atoms with Crippen molar-refractivity contribution in [2.45, 2.75) is 0 Å². The number of hydrogen-bond acceptors (Lipinski definition) is 6. The second kappa shape index (κ2) is 6.95. The summed E-state index contributed by atoms with van der Waals surface area (Å²) in [6, 6.07) is 3.46. The van der Waals surface area contributed by atoms with Crippen molar-refractivity contribution < 1.29 is 19.0 Å². The highest BCUT2D eigenvalue weighted by molar-refractivity contribution is 9.11. The molecule has 2 rings (SSSR count). The Labute approximate surface area is 146 Å². The van der Waals surface area contributed by atoms with Crippen LogP contribution in [0.15, 0.2) is 21.1 Å². The third-order valence-electron chi connectivity index (χ3n) is 2.34. The van der Waals surface area contributed by atoms with Crippen LogP contribution in [0.2, 0.25) is 5.15 Å². The van der Waals surface area contributed by atoms with Crippen molar-refractivity contribution in [2.24, 2.45) is 0 Å². The molecule has 0 amide bonds. The third kappa shape index (κ3) is 3.68. The normalized spacial score (nSPS) is 10.3. The van der Waals surface area contributed by atoms with E-state index < -0.39 is 5.97 Å². The number of benzene rings is 1. The van der Waals surface area contributed by atoms with Gasteiger partial charge < -0.3 is 14.2 Å². The zero-order valence-electron chi connectivity index (χ0n) is 10.8. The molecule has 0 aliphatic rings. The first-order valence-electron chi connectivity index (χ1n) is 5.41. The molecule has 0 radical (unpaired) electrons. The smallest absolute Gasteiger partial charge is 0.351 e. The molecule has 1 aromatic carbocycles. The number of rotatable bonds is 4. The number of esters is 1. The van der Waals surface area contributed by atoms with Gasteiger partial charge in [0.15, 0.2) is 10.0 Å². The molecule has 0 aliphatic heterocycles. The van der Waals surface area contributed by atoms with Gasteiger partial charge in [-0.25, -0.2) is 4.79 Å². The van der Waals surface area contributed by atoms with Crippen LogP contribution in [-0.2, 0) is 4.74 Å². The van der Waals surface area contributed by atoms with Crippen molar-refractivity contribution in [3.8, 4) is 16.7 Å². The highest BCUT2D eigenvalue weighted by atomic mass is 79.9. The second-order valence-corrected chi connectivity index (χ2v) is 6.64. The van der Waals surface area contributed by atoms with Crippen LogP contribution in [0, 0.1) is 0 Å². The number of halogens is 3. The quantitative estimate of drug-likeness (QED) is 0.611. The van der Waals surface area contributed by atoms with Gasteiger partial charge in [0.2, 0.25) is 0 Å². The predicted molar refractivity (Wildman–Crippen MR) is 86.9 cm³/mol. The maximum absolute atomic E-state index is 11.5. The van der Waals surface area contributed by atoms with Crippen LogP contribution in [0.5, 0.6) is 16.7 Å². The number of carbonyl (C=O) groups excluding carboxylic acids is 1. The van der Waals surface area contributed by atoms with Crippen molar-refractivity contribution in [1.82, 2.24) is 4.98 Å². The van der Waals surface area contributed by atoms with Crippen LogP contribution in [-0.4, -0.2) is 25.2 Å². The number of ether oxygens (including phenoxy) is 3. The highest BCUT2D eigenvalue weighted by Gasteiger charge is 2.19. The Morgan fingerprint density at radius 3 is 2.48 bits per heavy atom. The van der Waals surface area contributed by atoms with Gasteiger partial charge in [0.1, 0.15) is 11.5 Å². The van der Waals surface area contributed by atoms with Crippen molar-refractivity contribution in [3.05, 3.63) is 31.1 Å². The summed E-state index contributed by atoms with van der Waals surface area (Å²) in [6.45, 7) is 0. The van der Waals surface area contributed by atoms with Gasteiger partial charge in [-0.15, -0.1) is 0 Å². The summed E-state index contributed by atoms with van der Waals surface area (Å²) >= 11 is 13.6. The molecule has 0 atom stereocenters. The maximum atomic E-state index is 11.5. The van der Waals surface area contributed by atoms with Gasteiger partial charge in [-0.1, -0.05) is 22.9 Å². The lowest BCUT2D eigenvalue weighted by atomic mass is 10.3. The van der Waals surface area contributed by atoms with E-state index in [9.17, 15) is 4.79 Å². The molecule has 112 valence electrons. The summed E-state index contributed by atoms with van der Waals surface area (Å²) in [5, 5.41) is 0.281. The molecule has 0 fully saturated rings. The van der Waals surface area contributed by atoms with E-state index in [-0.39, 0.29) is 15.2 Å². The van der Waals surface area contributed by atoms with Crippen LogP contribution >= 0.6 is 54.8 Å². The van der Waals surface area contributed by atoms with E-state index in [1.54, 1.807) is 19.2 Å². The fraction of sp³-hybridized carbons (Fsp3) is 0.167. The summed E-state index contributed by atoms with van der Waals surface area (Å²) in [5.74, 6) is 0.605. The molecule has 2 aromatic rings. The van der Waals surface area contributed by atoms with Gasteiger partial charge in [-0.05, 0) is 37.9 Å². The van der Waals surface area contributed by atoms with Crippen LogP contribution in [0.3, 0.4) is 0 Å². The molecule has 1 heterocycles. The molecule has 0 saturated carbocycles. The van der Waals surface area contributed by atoms with Crippen LogP contribution in [0.4, 0.5) is 0 Å². The van der Waals surface area contributed by atoms with Crippen LogP contribution in [0.1, 0.15) is 9.67 Å². The van der Waals surface area contributed by atoms with Gasteiger partial charge in [0, 0.05) is 6.07 Å². The lowest BCUT2D eigenvalue weighted by molar-refractivity contribution is 0.0606. The topological polar surface area (TPSA) is 57.7 Å². The SMILES string of the molecule is COC(=O)c1sc(Oc2cc(Br)c(OC)cc2Br)nc1Cl. The molecular formula is C12H8Br2ClNO4S. The minimum Gasteiger partial charge on any atom is -0.496 e. The summed E-state index contributed by atoms with van der Waals surface area (Å²) in [5.41, 5.74) is 0. The second-order valence-electron chi connectivity index (χ2n) is 3.61. The average molecular weight is 458 g/mol. The van der Waals surface area contributed by atoms with E-state index >= 15 is 0 Å². The molecule has 0 spiro atoms. The number of nitrogens with zero attached hydrogens (tertiary/aromatic N) is 1. The summed E-state index contributed by atoms with van der Waals surface area (Å²) in [4.78, 5) is 15.7. The molecule has 0 unspecified atom stereocenters. The van der Waals surface area contributed by atoms with Gasteiger partial charge in [-0.3, -0.25) is 0 Å². The Morgan fingerprint density at radius 2 is 1.86 bits per heavy atom. The predicted octanol–water partition coefficient (Wildman–Crippen LogP) is 4.91. The maximum Gasteiger partial charge on any atom is 0.351 e.